The van der Waals surface area contributed by atoms with Gasteiger partial charge in [-0.25, -0.2) is 4.98 Å². The maximum Gasteiger partial charge on any atom is 0.274 e. The average molecular weight is 525 g/mol. The van der Waals surface area contributed by atoms with Crippen LogP contribution in [0.15, 0.2) is 35.1 Å². The number of fused-ring (bicyclic) bond motifs is 1. The zero-order chi connectivity index (χ0) is 26.3. The number of carbonyl (C=O) groups excluding carboxylic acids is 3. The molecule has 2 aromatic heterocycles. The fourth-order valence-corrected chi connectivity index (χ4v) is 5.18. The van der Waals surface area contributed by atoms with Gasteiger partial charge >= 0.3 is 0 Å². The van der Waals surface area contributed by atoms with Crippen LogP contribution >= 0.6 is 11.6 Å². The minimum absolute atomic E-state index is 0.0531. The molecule has 10 nitrogen and oxygen atoms in total. The Morgan fingerprint density at radius 1 is 1.22 bits per heavy atom. The van der Waals surface area contributed by atoms with Gasteiger partial charge in [-0.05, 0) is 51.7 Å². The van der Waals surface area contributed by atoms with E-state index in [-0.39, 0.29) is 42.3 Å². The second-order valence-electron chi connectivity index (χ2n) is 9.83. The molecule has 1 atom stereocenters. The number of benzene rings is 1. The van der Waals surface area contributed by atoms with E-state index in [9.17, 15) is 14.4 Å². The molecular weight excluding hydrogens is 496 g/mol. The summed E-state index contributed by atoms with van der Waals surface area (Å²) in [5.74, 6) is -0.361. The van der Waals surface area contributed by atoms with Crippen molar-refractivity contribution in [3.05, 3.63) is 69.6 Å². The highest BCUT2D eigenvalue weighted by Crippen LogP contribution is 2.39. The number of carbonyl (C=O) groups is 3. The summed E-state index contributed by atoms with van der Waals surface area (Å²) < 4.78 is 6.78. The normalized spacial score (nSPS) is 19.0. The molecule has 0 bridgehead atoms. The van der Waals surface area contributed by atoms with Gasteiger partial charge in [-0.3, -0.25) is 14.4 Å². The lowest BCUT2D eigenvalue weighted by atomic mass is 9.93. The van der Waals surface area contributed by atoms with Crippen LogP contribution in [0.25, 0.3) is 0 Å². The molecule has 1 aliphatic heterocycles. The molecule has 0 unspecified atom stereocenters. The molecule has 3 amide bonds. The van der Waals surface area contributed by atoms with Crippen LogP contribution in [0.4, 0.5) is 0 Å². The van der Waals surface area contributed by atoms with E-state index in [1.54, 1.807) is 22.5 Å². The molecule has 0 saturated heterocycles. The largest absolute Gasteiger partial charge is 0.361 e. The van der Waals surface area contributed by atoms with E-state index in [0.717, 1.165) is 29.7 Å². The molecule has 2 N–H and O–H groups in total. The van der Waals surface area contributed by atoms with E-state index >= 15 is 0 Å². The van der Waals surface area contributed by atoms with Gasteiger partial charge in [0.2, 0.25) is 5.91 Å². The van der Waals surface area contributed by atoms with Crippen LogP contribution in [-0.2, 0) is 24.3 Å². The number of nitrogens with zero attached hydrogens (tertiary/aromatic N) is 4. The standard InChI is InChI=1S/C26H29ClN6O4/c1-15-19(16(2)37-31-15)10-11-28-23(34)21-22-24(35)33(18-8-9-18)26(3,13-32(22)14-30-21)25(36)29-12-17-6-4-5-7-20(17)27/h4-7,14,18H,8-13H2,1-3H3,(H,28,34)(H,29,36)/t26-/m1/s1. The summed E-state index contributed by atoms with van der Waals surface area (Å²) in [5, 5.41) is 10.3. The summed E-state index contributed by atoms with van der Waals surface area (Å²) in [6.45, 7) is 6.23. The number of hydrogen-bond acceptors (Lipinski definition) is 6. The molecule has 5 rings (SSSR count). The van der Waals surface area contributed by atoms with Crippen molar-refractivity contribution < 1.29 is 18.9 Å². The van der Waals surface area contributed by atoms with E-state index < -0.39 is 11.4 Å². The number of halogens is 1. The maximum absolute atomic E-state index is 13.7. The van der Waals surface area contributed by atoms with E-state index in [0.29, 0.717) is 23.7 Å². The molecule has 194 valence electrons. The maximum atomic E-state index is 13.7. The smallest absolute Gasteiger partial charge is 0.274 e. The van der Waals surface area contributed by atoms with E-state index in [1.165, 1.54) is 6.33 Å². The minimum Gasteiger partial charge on any atom is -0.361 e. The summed E-state index contributed by atoms with van der Waals surface area (Å²) in [5.41, 5.74) is 1.66. The first kappa shape index (κ1) is 25.0. The van der Waals surface area contributed by atoms with Crippen molar-refractivity contribution >= 4 is 29.3 Å². The predicted molar refractivity (Wildman–Crippen MR) is 135 cm³/mol. The third-order valence-corrected chi connectivity index (χ3v) is 7.49. The van der Waals surface area contributed by atoms with Crippen molar-refractivity contribution in [2.45, 2.75) is 64.7 Å². The van der Waals surface area contributed by atoms with Crippen LogP contribution in [0.3, 0.4) is 0 Å². The molecule has 0 radical (unpaired) electrons. The van der Waals surface area contributed by atoms with E-state index in [1.807, 2.05) is 32.0 Å². The van der Waals surface area contributed by atoms with Gasteiger partial charge in [-0.1, -0.05) is 35.0 Å². The molecule has 3 heterocycles. The molecule has 11 heteroatoms. The Kier molecular flexibility index (Phi) is 6.53. The third kappa shape index (κ3) is 4.61. The lowest BCUT2D eigenvalue weighted by Crippen LogP contribution is -2.64. The van der Waals surface area contributed by atoms with Crippen LogP contribution < -0.4 is 10.6 Å². The Morgan fingerprint density at radius 3 is 2.65 bits per heavy atom. The number of aryl methyl sites for hydroxylation is 2. The molecule has 37 heavy (non-hydrogen) atoms. The monoisotopic (exact) mass is 524 g/mol. The number of nitrogens with one attached hydrogen (secondary N) is 2. The highest BCUT2D eigenvalue weighted by Gasteiger charge is 2.53. The van der Waals surface area contributed by atoms with Crippen LogP contribution in [-0.4, -0.2) is 55.5 Å². The zero-order valence-electron chi connectivity index (χ0n) is 21.0. The highest BCUT2D eigenvalue weighted by atomic mass is 35.5. The third-order valence-electron chi connectivity index (χ3n) is 7.12. The van der Waals surface area contributed by atoms with Crippen LogP contribution in [0.5, 0.6) is 0 Å². The summed E-state index contributed by atoms with van der Waals surface area (Å²) in [4.78, 5) is 46.1. The Labute approximate surface area is 219 Å². The molecule has 3 aromatic rings. The van der Waals surface area contributed by atoms with Gasteiger partial charge in [-0.2, -0.15) is 0 Å². The second-order valence-corrected chi connectivity index (χ2v) is 10.2. The molecule has 1 fully saturated rings. The summed E-state index contributed by atoms with van der Waals surface area (Å²) in [7, 11) is 0. The quantitative estimate of drug-likeness (QED) is 0.467. The molecular formula is C26H29ClN6O4. The van der Waals surface area contributed by atoms with Crippen LogP contribution in [0.1, 0.15) is 63.3 Å². The zero-order valence-corrected chi connectivity index (χ0v) is 21.8. The van der Waals surface area contributed by atoms with Crippen molar-refractivity contribution in [3.8, 4) is 0 Å². The molecule has 2 aliphatic rings. The summed E-state index contributed by atoms with van der Waals surface area (Å²) >= 11 is 6.25. The second kappa shape index (κ2) is 9.66. The van der Waals surface area contributed by atoms with Crippen LogP contribution in [0, 0.1) is 13.8 Å². The van der Waals surface area contributed by atoms with Crippen molar-refractivity contribution in [2.75, 3.05) is 6.54 Å². The van der Waals surface area contributed by atoms with Crippen molar-refractivity contribution in [3.63, 3.8) is 0 Å². The Balaban J connectivity index is 1.33. The molecule has 0 spiro atoms. The minimum atomic E-state index is -1.13. The first-order valence-electron chi connectivity index (χ1n) is 12.3. The first-order valence-corrected chi connectivity index (χ1v) is 12.7. The number of imidazole rings is 1. The van der Waals surface area contributed by atoms with Crippen LogP contribution in [0.2, 0.25) is 5.02 Å². The van der Waals surface area contributed by atoms with E-state index in [4.69, 9.17) is 16.1 Å². The van der Waals surface area contributed by atoms with Gasteiger partial charge in [0.25, 0.3) is 11.8 Å². The van der Waals surface area contributed by atoms with Crippen molar-refractivity contribution in [1.82, 2.24) is 30.2 Å². The Hall–Kier alpha value is -3.66. The van der Waals surface area contributed by atoms with E-state index in [2.05, 4.69) is 20.8 Å². The lowest BCUT2D eigenvalue weighted by Gasteiger charge is -2.44. The fourth-order valence-electron chi connectivity index (χ4n) is 4.97. The van der Waals surface area contributed by atoms with Gasteiger partial charge in [0.1, 0.15) is 17.0 Å². The van der Waals surface area contributed by atoms with Crippen molar-refractivity contribution in [2.24, 2.45) is 0 Å². The van der Waals surface area contributed by atoms with Gasteiger partial charge in [0, 0.05) is 29.7 Å². The average Bonchev–Trinajstić information content (AvgIpc) is 3.52. The summed E-state index contributed by atoms with van der Waals surface area (Å²) in [6.07, 6.45) is 3.63. The molecule has 1 aromatic carbocycles. The number of amides is 3. The SMILES string of the molecule is Cc1noc(C)c1CCNC(=O)c1ncn2c1C(=O)N(C1CC1)[C@@](C)(C(=O)NCc1ccccc1Cl)C2. The molecule has 1 saturated carbocycles. The lowest BCUT2D eigenvalue weighted by molar-refractivity contribution is -0.133. The van der Waals surface area contributed by atoms with Crippen molar-refractivity contribution in [1.29, 1.82) is 0 Å². The number of hydrogen-bond donors (Lipinski definition) is 2. The topological polar surface area (TPSA) is 122 Å². The number of rotatable bonds is 8. The first-order chi connectivity index (χ1) is 17.7. The number of aromatic nitrogens is 3. The molecule has 1 aliphatic carbocycles. The van der Waals surface area contributed by atoms with Gasteiger partial charge in [-0.15, -0.1) is 0 Å². The van der Waals surface area contributed by atoms with Gasteiger partial charge in [0.05, 0.1) is 18.6 Å². The van der Waals surface area contributed by atoms with Gasteiger partial charge < -0.3 is 24.6 Å². The highest BCUT2D eigenvalue weighted by molar-refractivity contribution is 6.31. The van der Waals surface area contributed by atoms with Gasteiger partial charge in [0.15, 0.2) is 5.69 Å². The fraction of sp³-hybridized carbons (Fsp3) is 0.423. The Morgan fingerprint density at radius 2 is 1.97 bits per heavy atom. The summed E-state index contributed by atoms with van der Waals surface area (Å²) in [6, 6.07) is 7.25. The predicted octanol–water partition coefficient (Wildman–Crippen LogP) is 2.81. The Bertz CT molecular complexity index is 1360.